The van der Waals surface area contributed by atoms with Crippen LogP contribution in [0.4, 0.5) is 0 Å². The van der Waals surface area contributed by atoms with Gasteiger partial charge in [-0.25, -0.2) is 0 Å². The monoisotopic (exact) mass is 218 g/mol. The first-order valence-electron chi connectivity index (χ1n) is 5.38. The van der Waals surface area contributed by atoms with E-state index in [1.807, 2.05) is 11.8 Å². The Hall–Kier alpha value is 0.270. The van der Waals surface area contributed by atoms with E-state index in [1.165, 1.54) is 18.6 Å². The molecule has 14 heavy (non-hydrogen) atoms. The molecule has 1 heterocycles. The van der Waals surface area contributed by atoms with Crippen molar-refractivity contribution in [2.45, 2.75) is 44.8 Å². The average molecular weight is 218 g/mol. The highest BCUT2D eigenvalue weighted by Crippen LogP contribution is 2.30. The van der Waals surface area contributed by atoms with E-state index in [-0.39, 0.29) is 5.60 Å². The predicted molar refractivity (Wildman–Crippen MR) is 62.0 cm³/mol. The lowest BCUT2D eigenvalue weighted by Gasteiger charge is -2.18. The van der Waals surface area contributed by atoms with Gasteiger partial charge in [-0.05, 0) is 38.9 Å². The molecule has 1 aliphatic rings. The van der Waals surface area contributed by atoms with Crippen LogP contribution in [0.15, 0.2) is 0 Å². The van der Waals surface area contributed by atoms with Crippen LogP contribution in [0.25, 0.3) is 0 Å². The molecule has 0 saturated carbocycles. The molecule has 2 nitrogen and oxygen atoms in total. The van der Waals surface area contributed by atoms with Crippen molar-refractivity contribution in [2.75, 3.05) is 25.2 Å². The minimum atomic E-state index is 0.123. The fourth-order valence-corrected chi connectivity index (χ4v) is 2.70. The van der Waals surface area contributed by atoms with Crippen LogP contribution in [0.1, 0.15) is 33.1 Å². The van der Waals surface area contributed by atoms with Gasteiger partial charge in [0, 0.05) is 19.5 Å². The molecule has 0 aromatic carbocycles. The van der Waals surface area contributed by atoms with Crippen LogP contribution in [0.2, 0.25) is 0 Å². The van der Waals surface area contributed by atoms with E-state index in [4.69, 9.17) is 9.47 Å². The Balaban J connectivity index is 1.98. The number of hydrogen-bond acceptors (Lipinski definition) is 3. The molecular formula is C11H22O2S. The SMILES string of the molecule is COCCCSCC1CCC(C)(C)O1. The first-order valence-corrected chi connectivity index (χ1v) is 6.54. The van der Waals surface area contributed by atoms with Gasteiger partial charge in [-0.1, -0.05) is 0 Å². The first kappa shape index (κ1) is 12.3. The second-order valence-electron chi connectivity index (χ2n) is 4.46. The maximum atomic E-state index is 5.90. The summed E-state index contributed by atoms with van der Waals surface area (Å²) >= 11 is 1.99. The van der Waals surface area contributed by atoms with Gasteiger partial charge in [0.05, 0.1) is 11.7 Å². The van der Waals surface area contributed by atoms with Crippen LogP contribution >= 0.6 is 11.8 Å². The molecule has 1 rings (SSSR count). The highest BCUT2D eigenvalue weighted by Gasteiger charge is 2.31. The fraction of sp³-hybridized carbons (Fsp3) is 1.00. The van der Waals surface area contributed by atoms with Crippen molar-refractivity contribution in [3.05, 3.63) is 0 Å². The van der Waals surface area contributed by atoms with Gasteiger partial charge in [0.15, 0.2) is 0 Å². The van der Waals surface area contributed by atoms with E-state index < -0.39 is 0 Å². The zero-order valence-corrected chi connectivity index (χ0v) is 10.4. The number of ether oxygens (including phenoxy) is 2. The maximum Gasteiger partial charge on any atom is 0.0673 e. The lowest BCUT2D eigenvalue weighted by atomic mass is 10.1. The van der Waals surface area contributed by atoms with Crippen LogP contribution in [-0.2, 0) is 9.47 Å². The van der Waals surface area contributed by atoms with Crippen molar-refractivity contribution in [3.63, 3.8) is 0 Å². The molecule has 0 N–H and O–H groups in total. The minimum Gasteiger partial charge on any atom is -0.385 e. The zero-order valence-electron chi connectivity index (χ0n) is 9.54. The summed E-state index contributed by atoms with van der Waals surface area (Å²) in [5.41, 5.74) is 0.123. The number of methoxy groups -OCH3 is 1. The molecule has 3 heteroatoms. The molecule has 0 bridgehead atoms. The molecule has 1 unspecified atom stereocenters. The van der Waals surface area contributed by atoms with Gasteiger partial charge in [0.2, 0.25) is 0 Å². The summed E-state index contributed by atoms with van der Waals surface area (Å²) < 4.78 is 10.9. The van der Waals surface area contributed by atoms with Crippen molar-refractivity contribution >= 4 is 11.8 Å². The van der Waals surface area contributed by atoms with E-state index >= 15 is 0 Å². The van der Waals surface area contributed by atoms with Gasteiger partial charge < -0.3 is 9.47 Å². The second kappa shape index (κ2) is 5.99. The van der Waals surface area contributed by atoms with Crippen LogP contribution < -0.4 is 0 Å². The summed E-state index contributed by atoms with van der Waals surface area (Å²) in [5.74, 6) is 2.33. The quantitative estimate of drug-likeness (QED) is 0.639. The third-order valence-corrected chi connectivity index (χ3v) is 3.68. The van der Waals surface area contributed by atoms with E-state index in [0.29, 0.717) is 6.10 Å². The molecule has 0 aliphatic carbocycles. The highest BCUT2D eigenvalue weighted by molar-refractivity contribution is 7.99. The fourth-order valence-electron chi connectivity index (χ4n) is 1.72. The van der Waals surface area contributed by atoms with E-state index in [0.717, 1.165) is 18.8 Å². The zero-order chi connectivity index (χ0) is 10.4. The molecule has 0 aromatic heterocycles. The van der Waals surface area contributed by atoms with Gasteiger partial charge in [-0.2, -0.15) is 11.8 Å². The molecule has 0 amide bonds. The van der Waals surface area contributed by atoms with Crippen molar-refractivity contribution in [1.82, 2.24) is 0 Å². The van der Waals surface area contributed by atoms with Gasteiger partial charge in [-0.3, -0.25) is 0 Å². The summed E-state index contributed by atoms with van der Waals surface area (Å²) in [7, 11) is 1.76. The summed E-state index contributed by atoms with van der Waals surface area (Å²) in [4.78, 5) is 0. The summed E-state index contributed by atoms with van der Waals surface area (Å²) in [6.45, 7) is 5.25. The molecule has 1 fully saturated rings. The van der Waals surface area contributed by atoms with Crippen LogP contribution in [0, 0.1) is 0 Å². The number of thioether (sulfide) groups is 1. The van der Waals surface area contributed by atoms with Crippen LogP contribution in [-0.4, -0.2) is 36.9 Å². The Morgan fingerprint density at radius 3 is 2.86 bits per heavy atom. The Morgan fingerprint density at radius 2 is 2.29 bits per heavy atom. The Labute approximate surface area is 91.7 Å². The average Bonchev–Trinajstić information content (AvgIpc) is 2.45. The van der Waals surface area contributed by atoms with Gasteiger partial charge >= 0.3 is 0 Å². The first-order chi connectivity index (χ1) is 6.64. The molecule has 1 aliphatic heterocycles. The largest absolute Gasteiger partial charge is 0.385 e. The lowest BCUT2D eigenvalue weighted by Crippen LogP contribution is -2.21. The Kier molecular flexibility index (Phi) is 5.28. The predicted octanol–water partition coefficient (Wildman–Crippen LogP) is 2.71. The van der Waals surface area contributed by atoms with Crippen LogP contribution in [0.5, 0.6) is 0 Å². The minimum absolute atomic E-state index is 0.123. The van der Waals surface area contributed by atoms with E-state index in [9.17, 15) is 0 Å². The topological polar surface area (TPSA) is 18.5 Å². The summed E-state index contributed by atoms with van der Waals surface area (Å²) in [6.07, 6.45) is 4.07. The smallest absolute Gasteiger partial charge is 0.0673 e. The number of rotatable bonds is 6. The summed E-state index contributed by atoms with van der Waals surface area (Å²) in [6, 6.07) is 0. The number of hydrogen-bond donors (Lipinski definition) is 0. The molecule has 84 valence electrons. The van der Waals surface area contributed by atoms with Crippen LogP contribution in [0.3, 0.4) is 0 Å². The molecule has 0 spiro atoms. The summed E-state index contributed by atoms with van der Waals surface area (Å²) in [5, 5.41) is 0. The van der Waals surface area contributed by atoms with Gasteiger partial charge in [0.25, 0.3) is 0 Å². The molecule has 0 radical (unpaired) electrons. The third-order valence-electron chi connectivity index (χ3n) is 2.49. The lowest BCUT2D eigenvalue weighted by molar-refractivity contribution is -0.00466. The molecule has 1 atom stereocenters. The third kappa shape index (κ3) is 4.67. The van der Waals surface area contributed by atoms with Crippen molar-refractivity contribution in [1.29, 1.82) is 0 Å². The Bertz CT molecular complexity index is 159. The Morgan fingerprint density at radius 1 is 1.50 bits per heavy atom. The highest BCUT2D eigenvalue weighted by atomic mass is 32.2. The van der Waals surface area contributed by atoms with E-state index in [2.05, 4.69) is 13.8 Å². The van der Waals surface area contributed by atoms with Crippen molar-refractivity contribution < 1.29 is 9.47 Å². The molecule has 1 saturated heterocycles. The standard InChI is InChI=1S/C11H22O2S/c1-11(2)6-5-10(13-11)9-14-8-4-7-12-3/h10H,4-9H2,1-3H3. The van der Waals surface area contributed by atoms with Crippen molar-refractivity contribution in [2.24, 2.45) is 0 Å². The normalized spacial score (nSPS) is 25.5. The maximum absolute atomic E-state index is 5.90. The van der Waals surface area contributed by atoms with Gasteiger partial charge in [-0.15, -0.1) is 0 Å². The van der Waals surface area contributed by atoms with Crippen molar-refractivity contribution in [3.8, 4) is 0 Å². The van der Waals surface area contributed by atoms with E-state index in [1.54, 1.807) is 7.11 Å². The second-order valence-corrected chi connectivity index (χ2v) is 5.61. The molecular weight excluding hydrogens is 196 g/mol. The van der Waals surface area contributed by atoms with Gasteiger partial charge in [0.1, 0.15) is 0 Å². The molecule has 0 aromatic rings.